The SMILES string of the molecule is O=C(CCCCCCCN1C(=O)C=CC1=O)NCC1=C2C=Cc3cccc4c3C2C(C=C1)C=C4. The molecule has 5 heteroatoms. The van der Waals surface area contributed by atoms with Crippen molar-refractivity contribution in [1.29, 1.82) is 0 Å². The van der Waals surface area contributed by atoms with Crippen LogP contribution in [0.2, 0.25) is 0 Å². The molecule has 2 unspecified atom stereocenters. The Labute approximate surface area is 200 Å². The number of nitrogens with one attached hydrogen (secondary N) is 1. The molecule has 2 atom stereocenters. The highest BCUT2D eigenvalue weighted by Crippen LogP contribution is 2.48. The molecule has 3 aliphatic carbocycles. The van der Waals surface area contributed by atoms with Gasteiger partial charge in [-0.25, -0.2) is 0 Å². The maximum atomic E-state index is 12.4. The van der Waals surface area contributed by atoms with Crippen LogP contribution in [0.3, 0.4) is 0 Å². The van der Waals surface area contributed by atoms with Crippen molar-refractivity contribution in [2.75, 3.05) is 13.1 Å². The van der Waals surface area contributed by atoms with E-state index in [0.29, 0.717) is 31.3 Å². The fourth-order valence-corrected chi connectivity index (χ4v) is 5.40. The van der Waals surface area contributed by atoms with Crippen molar-refractivity contribution >= 4 is 29.9 Å². The van der Waals surface area contributed by atoms with Gasteiger partial charge in [-0.05, 0) is 40.7 Å². The third-order valence-electron chi connectivity index (χ3n) is 7.20. The van der Waals surface area contributed by atoms with Crippen LogP contribution in [0.4, 0.5) is 0 Å². The maximum absolute atomic E-state index is 12.4. The van der Waals surface area contributed by atoms with Gasteiger partial charge in [0.15, 0.2) is 0 Å². The van der Waals surface area contributed by atoms with Gasteiger partial charge in [-0.3, -0.25) is 19.3 Å². The van der Waals surface area contributed by atoms with E-state index in [4.69, 9.17) is 0 Å². The summed E-state index contributed by atoms with van der Waals surface area (Å²) < 4.78 is 0. The quantitative estimate of drug-likeness (QED) is 0.412. The summed E-state index contributed by atoms with van der Waals surface area (Å²) in [6, 6.07) is 6.49. The first-order valence-electron chi connectivity index (χ1n) is 12.3. The van der Waals surface area contributed by atoms with Crippen molar-refractivity contribution in [3.05, 3.63) is 82.5 Å². The Kier molecular flexibility index (Phi) is 6.43. The number of allylic oxidation sites excluding steroid dienone is 4. The Hall–Kier alpha value is -3.47. The summed E-state index contributed by atoms with van der Waals surface area (Å²) in [5, 5.41) is 3.12. The molecule has 1 N–H and O–H groups in total. The Morgan fingerprint density at radius 1 is 0.824 bits per heavy atom. The maximum Gasteiger partial charge on any atom is 0.253 e. The zero-order chi connectivity index (χ0) is 23.5. The van der Waals surface area contributed by atoms with Gasteiger partial charge >= 0.3 is 0 Å². The average molecular weight is 455 g/mol. The zero-order valence-corrected chi connectivity index (χ0v) is 19.3. The van der Waals surface area contributed by atoms with Crippen LogP contribution in [0.25, 0.3) is 12.2 Å². The first kappa shape index (κ1) is 22.3. The van der Waals surface area contributed by atoms with Crippen LogP contribution in [0.1, 0.15) is 61.1 Å². The van der Waals surface area contributed by atoms with Gasteiger partial charge in [0.25, 0.3) is 11.8 Å². The fraction of sp³-hybridized carbons (Fsp3) is 0.345. The summed E-state index contributed by atoms with van der Waals surface area (Å²) >= 11 is 0. The summed E-state index contributed by atoms with van der Waals surface area (Å²) in [4.78, 5) is 36.8. The highest BCUT2D eigenvalue weighted by molar-refractivity contribution is 6.12. The van der Waals surface area contributed by atoms with Crippen LogP contribution in [0.5, 0.6) is 0 Å². The lowest BCUT2D eigenvalue weighted by atomic mass is 9.67. The molecule has 3 amide bonds. The van der Waals surface area contributed by atoms with Crippen molar-refractivity contribution < 1.29 is 14.4 Å². The monoisotopic (exact) mass is 454 g/mol. The highest BCUT2D eigenvalue weighted by atomic mass is 16.2. The summed E-state index contributed by atoms with van der Waals surface area (Å²) in [6.45, 7) is 1.04. The highest BCUT2D eigenvalue weighted by Gasteiger charge is 2.34. The predicted molar refractivity (Wildman–Crippen MR) is 133 cm³/mol. The van der Waals surface area contributed by atoms with Crippen molar-refractivity contribution in [3.8, 4) is 0 Å². The number of hydrogen-bond acceptors (Lipinski definition) is 3. The Balaban J connectivity index is 1.05. The first-order valence-corrected chi connectivity index (χ1v) is 12.3. The Bertz CT molecular complexity index is 1150. The molecule has 0 bridgehead atoms. The normalized spacial score (nSPS) is 21.5. The molecular weight excluding hydrogens is 424 g/mol. The smallest absolute Gasteiger partial charge is 0.253 e. The molecule has 0 radical (unpaired) electrons. The van der Waals surface area contributed by atoms with E-state index in [2.05, 4.69) is 60.0 Å². The molecule has 34 heavy (non-hydrogen) atoms. The second-order valence-electron chi connectivity index (χ2n) is 9.39. The number of benzene rings is 1. The number of amides is 3. The van der Waals surface area contributed by atoms with E-state index in [-0.39, 0.29) is 17.7 Å². The molecule has 1 heterocycles. The molecule has 5 nitrogen and oxygen atoms in total. The van der Waals surface area contributed by atoms with Crippen LogP contribution in [0, 0.1) is 5.92 Å². The second-order valence-corrected chi connectivity index (χ2v) is 9.39. The van der Waals surface area contributed by atoms with E-state index in [0.717, 1.165) is 32.1 Å². The lowest BCUT2D eigenvalue weighted by Gasteiger charge is -2.36. The van der Waals surface area contributed by atoms with E-state index < -0.39 is 0 Å². The second kappa shape index (κ2) is 9.80. The molecule has 0 aromatic heterocycles. The number of unbranched alkanes of at least 4 members (excludes halogenated alkanes) is 4. The summed E-state index contributed by atoms with van der Waals surface area (Å²) in [5.41, 5.74) is 6.53. The van der Waals surface area contributed by atoms with Crippen molar-refractivity contribution in [2.24, 2.45) is 5.92 Å². The molecule has 0 saturated heterocycles. The van der Waals surface area contributed by atoms with Crippen LogP contribution >= 0.6 is 0 Å². The number of imide groups is 1. The standard InChI is InChI=1S/C29H30N2O3/c32-25(9-4-2-1-3-5-18-31-26(33)16-17-27(31)34)30-19-23-13-12-22-11-10-20-7-6-8-21-14-15-24(23)29(22)28(20)21/h6-8,10-17,22,29H,1-5,9,18-19H2,(H,30,32). The van der Waals surface area contributed by atoms with Crippen molar-refractivity contribution in [3.63, 3.8) is 0 Å². The van der Waals surface area contributed by atoms with Gasteiger partial charge in [0.1, 0.15) is 0 Å². The molecule has 5 rings (SSSR count). The number of carbonyl (C=O) groups is 3. The third kappa shape index (κ3) is 4.47. The van der Waals surface area contributed by atoms with E-state index in [1.165, 1.54) is 44.9 Å². The minimum atomic E-state index is -0.214. The van der Waals surface area contributed by atoms with Gasteiger partial charge in [0, 0.05) is 43.5 Å². The largest absolute Gasteiger partial charge is 0.352 e. The molecule has 0 spiro atoms. The average Bonchev–Trinajstić information content (AvgIpc) is 3.18. The molecule has 1 aliphatic heterocycles. The van der Waals surface area contributed by atoms with Gasteiger partial charge in [-0.1, -0.05) is 73.9 Å². The van der Waals surface area contributed by atoms with Gasteiger partial charge in [0.2, 0.25) is 5.91 Å². The van der Waals surface area contributed by atoms with Gasteiger partial charge < -0.3 is 5.32 Å². The number of hydrogen-bond donors (Lipinski definition) is 1. The summed E-state index contributed by atoms with van der Waals surface area (Å²) in [5.74, 6) is 0.391. The zero-order valence-electron chi connectivity index (χ0n) is 19.3. The van der Waals surface area contributed by atoms with E-state index >= 15 is 0 Å². The lowest BCUT2D eigenvalue weighted by molar-refractivity contribution is -0.136. The van der Waals surface area contributed by atoms with Crippen LogP contribution in [0.15, 0.2) is 65.8 Å². The van der Waals surface area contributed by atoms with Crippen LogP contribution in [-0.4, -0.2) is 35.7 Å². The first-order chi connectivity index (χ1) is 16.6. The summed E-state index contributed by atoms with van der Waals surface area (Å²) in [6.07, 6.45) is 21.2. The minimum Gasteiger partial charge on any atom is -0.352 e. The number of nitrogens with zero attached hydrogens (tertiary/aromatic N) is 1. The fourth-order valence-electron chi connectivity index (χ4n) is 5.40. The van der Waals surface area contributed by atoms with Gasteiger partial charge in [-0.15, -0.1) is 0 Å². The summed E-state index contributed by atoms with van der Waals surface area (Å²) in [7, 11) is 0. The Morgan fingerprint density at radius 2 is 1.53 bits per heavy atom. The van der Waals surface area contributed by atoms with Gasteiger partial charge in [-0.2, -0.15) is 0 Å². The lowest BCUT2D eigenvalue weighted by Crippen LogP contribution is -2.30. The predicted octanol–water partition coefficient (Wildman–Crippen LogP) is 4.69. The minimum absolute atomic E-state index is 0.0902. The number of carbonyl (C=O) groups excluding carboxylic acids is 3. The Morgan fingerprint density at radius 3 is 2.35 bits per heavy atom. The molecule has 0 fully saturated rings. The molecule has 1 aromatic rings. The topological polar surface area (TPSA) is 66.5 Å². The molecular formula is C29H30N2O3. The van der Waals surface area contributed by atoms with Crippen LogP contribution < -0.4 is 5.32 Å². The van der Waals surface area contributed by atoms with E-state index in [9.17, 15) is 14.4 Å². The van der Waals surface area contributed by atoms with Gasteiger partial charge in [0.05, 0.1) is 0 Å². The van der Waals surface area contributed by atoms with Crippen LogP contribution in [-0.2, 0) is 14.4 Å². The number of rotatable bonds is 10. The van der Waals surface area contributed by atoms with Crippen molar-refractivity contribution in [1.82, 2.24) is 10.2 Å². The van der Waals surface area contributed by atoms with Crippen molar-refractivity contribution in [2.45, 2.75) is 44.4 Å². The molecule has 1 aromatic carbocycles. The third-order valence-corrected chi connectivity index (χ3v) is 7.20. The molecule has 174 valence electrons. The molecule has 0 saturated carbocycles. The van der Waals surface area contributed by atoms with E-state index in [1.54, 1.807) is 0 Å². The van der Waals surface area contributed by atoms with E-state index in [1.807, 2.05) is 0 Å². The molecule has 4 aliphatic rings.